The number of halogens is 1. The van der Waals surface area contributed by atoms with E-state index in [-0.39, 0.29) is 36.8 Å². The van der Waals surface area contributed by atoms with Gasteiger partial charge in [-0.15, -0.1) is 24.2 Å². The van der Waals surface area contributed by atoms with Gasteiger partial charge >= 0.3 is 0 Å². The van der Waals surface area contributed by atoms with E-state index in [1.807, 2.05) is 4.90 Å². The van der Waals surface area contributed by atoms with E-state index >= 15 is 0 Å². The zero-order valence-electron chi connectivity index (χ0n) is 10.8. The van der Waals surface area contributed by atoms with E-state index in [0.29, 0.717) is 23.5 Å². The van der Waals surface area contributed by atoms with Crippen molar-refractivity contribution in [1.29, 1.82) is 0 Å². The van der Waals surface area contributed by atoms with Crippen LogP contribution < -0.4 is 5.73 Å². The van der Waals surface area contributed by atoms with Gasteiger partial charge in [-0.25, -0.2) is 0 Å². The van der Waals surface area contributed by atoms with Crippen molar-refractivity contribution in [2.45, 2.75) is 18.9 Å². The molecule has 2 aliphatic heterocycles. The van der Waals surface area contributed by atoms with E-state index in [9.17, 15) is 9.59 Å². The first-order valence-corrected chi connectivity index (χ1v) is 7.69. The lowest BCUT2D eigenvalue weighted by Gasteiger charge is -2.22. The molecule has 0 spiro atoms. The summed E-state index contributed by atoms with van der Waals surface area (Å²) < 4.78 is 0. The van der Waals surface area contributed by atoms with Crippen molar-refractivity contribution < 1.29 is 9.59 Å². The van der Waals surface area contributed by atoms with Crippen LogP contribution in [0.25, 0.3) is 0 Å². The third-order valence-corrected chi connectivity index (χ3v) is 5.36. The van der Waals surface area contributed by atoms with Gasteiger partial charge in [-0.1, -0.05) is 0 Å². The highest BCUT2D eigenvalue weighted by molar-refractivity contribution is 8.00. The zero-order valence-corrected chi connectivity index (χ0v) is 12.4. The third-order valence-electron chi connectivity index (χ3n) is 4.42. The van der Waals surface area contributed by atoms with Gasteiger partial charge in [-0.2, -0.15) is 0 Å². The van der Waals surface area contributed by atoms with Crippen LogP contribution in [-0.2, 0) is 9.59 Å². The molecule has 0 bridgehead atoms. The van der Waals surface area contributed by atoms with Gasteiger partial charge in [-0.3, -0.25) is 9.59 Å². The molecule has 3 unspecified atom stereocenters. The number of hydrogen-bond donors (Lipinski definition) is 1. The van der Waals surface area contributed by atoms with Crippen LogP contribution in [0.2, 0.25) is 0 Å². The van der Waals surface area contributed by atoms with Gasteiger partial charge in [0, 0.05) is 19.1 Å². The molecule has 2 saturated heterocycles. The van der Waals surface area contributed by atoms with E-state index in [4.69, 9.17) is 5.73 Å². The minimum absolute atomic E-state index is 0. The fourth-order valence-electron chi connectivity index (χ4n) is 3.31. The Morgan fingerprint density at radius 1 is 1.37 bits per heavy atom. The summed E-state index contributed by atoms with van der Waals surface area (Å²) in [5.74, 6) is 2.43. The number of likely N-dealkylation sites (tertiary alicyclic amines) is 1. The minimum atomic E-state index is 0. The third kappa shape index (κ3) is 2.85. The van der Waals surface area contributed by atoms with Gasteiger partial charge in [0.05, 0.1) is 11.6 Å². The maximum atomic E-state index is 12.2. The predicted octanol–water partition coefficient (Wildman–Crippen LogP) is 0.137. The Bertz CT molecular complexity index is 382. The maximum absolute atomic E-state index is 12.2. The second-order valence-electron chi connectivity index (χ2n) is 5.53. The lowest BCUT2D eigenvalue weighted by atomic mass is 9.98. The van der Waals surface area contributed by atoms with Gasteiger partial charge in [0.1, 0.15) is 6.54 Å². The average Bonchev–Trinajstić information content (AvgIpc) is 2.99. The van der Waals surface area contributed by atoms with Crippen molar-refractivity contribution >= 4 is 36.0 Å². The molecule has 3 atom stereocenters. The summed E-state index contributed by atoms with van der Waals surface area (Å²) in [5, 5.41) is 0. The van der Waals surface area contributed by atoms with E-state index in [1.54, 1.807) is 16.7 Å². The molecule has 3 fully saturated rings. The summed E-state index contributed by atoms with van der Waals surface area (Å²) in [6.45, 7) is 1.88. The number of carbonyl (C=O) groups is 2. The van der Waals surface area contributed by atoms with Gasteiger partial charge in [0.15, 0.2) is 0 Å². The molecule has 108 valence electrons. The van der Waals surface area contributed by atoms with Crippen LogP contribution in [0.5, 0.6) is 0 Å². The molecule has 0 radical (unpaired) electrons. The van der Waals surface area contributed by atoms with E-state index < -0.39 is 0 Å². The molecule has 19 heavy (non-hydrogen) atoms. The Balaban J connectivity index is 0.00000133. The smallest absolute Gasteiger partial charge is 0.242 e. The van der Waals surface area contributed by atoms with Crippen LogP contribution in [0.4, 0.5) is 0 Å². The summed E-state index contributed by atoms with van der Waals surface area (Å²) in [7, 11) is 0. The van der Waals surface area contributed by atoms with Crippen LogP contribution in [0.3, 0.4) is 0 Å². The first kappa shape index (κ1) is 14.9. The lowest BCUT2D eigenvalue weighted by molar-refractivity contribution is -0.137. The number of rotatable bonds is 2. The normalized spacial score (nSPS) is 33.5. The molecule has 3 aliphatic rings. The van der Waals surface area contributed by atoms with Crippen LogP contribution in [0.1, 0.15) is 12.8 Å². The number of carbonyl (C=O) groups excluding carboxylic acids is 2. The van der Waals surface area contributed by atoms with Crippen molar-refractivity contribution in [3.63, 3.8) is 0 Å². The summed E-state index contributed by atoms with van der Waals surface area (Å²) >= 11 is 1.58. The highest BCUT2D eigenvalue weighted by Gasteiger charge is 2.42. The van der Waals surface area contributed by atoms with Crippen molar-refractivity contribution in [2.75, 3.05) is 31.3 Å². The predicted molar refractivity (Wildman–Crippen MR) is 77.1 cm³/mol. The van der Waals surface area contributed by atoms with Crippen molar-refractivity contribution in [1.82, 2.24) is 9.80 Å². The summed E-state index contributed by atoms with van der Waals surface area (Å²) in [5.41, 5.74) is 6.06. The topological polar surface area (TPSA) is 66.6 Å². The quantitative estimate of drug-likeness (QED) is 0.788. The fourth-order valence-corrected chi connectivity index (χ4v) is 4.22. The lowest BCUT2D eigenvalue weighted by Crippen LogP contribution is -2.41. The number of nitrogens with two attached hydrogens (primary N) is 1. The number of fused-ring (bicyclic) bond motifs is 1. The Kier molecular flexibility index (Phi) is 4.63. The van der Waals surface area contributed by atoms with Crippen LogP contribution in [0, 0.1) is 11.8 Å². The molecular weight excluding hydrogens is 286 g/mol. The fraction of sp³-hybridized carbons (Fsp3) is 0.833. The summed E-state index contributed by atoms with van der Waals surface area (Å²) in [6.07, 6.45) is 2.24. The SMILES string of the molecule is Cl.NC1CCC2CN(C(=O)CN3CSCC3=O)CC12. The van der Waals surface area contributed by atoms with Gasteiger partial charge in [-0.05, 0) is 24.7 Å². The standard InChI is InChI=1S/C12H19N3O2S.ClH/c13-10-2-1-8-3-14(4-9(8)10)11(16)5-15-7-18-6-12(15)17;/h8-10H,1-7,13H2;1H. The maximum Gasteiger partial charge on any atom is 0.242 e. The monoisotopic (exact) mass is 305 g/mol. The largest absolute Gasteiger partial charge is 0.341 e. The molecule has 7 heteroatoms. The molecular formula is C12H20ClN3O2S. The first-order chi connectivity index (χ1) is 8.65. The highest BCUT2D eigenvalue weighted by Crippen LogP contribution is 2.37. The summed E-state index contributed by atoms with van der Waals surface area (Å²) in [4.78, 5) is 27.2. The molecule has 1 aliphatic carbocycles. The number of thioether (sulfide) groups is 1. The molecule has 2 amide bonds. The number of nitrogens with zero attached hydrogens (tertiary/aromatic N) is 2. The summed E-state index contributed by atoms with van der Waals surface area (Å²) in [6, 6.07) is 0.261. The van der Waals surface area contributed by atoms with Crippen LogP contribution in [-0.4, -0.2) is 58.9 Å². The zero-order chi connectivity index (χ0) is 12.7. The van der Waals surface area contributed by atoms with Crippen molar-refractivity contribution in [3.8, 4) is 0 Å². The number of amides is 2. The average molecular weight is 306 g/mol. The molecule has 2 N–H and O–H groups in total. The Morgan fingerprint density at radius 3 is 2.79 bits per heavy atom. The van der Waals surface area contributed by atoms with E-state index in [2.05, 4.69) is 0 Å². The van der Waals surface area contributed by atoms with Gasteiger partial charge in [0.2, 0.25) is 11.8 Å². The van der Waals surface area contributed by atoms with E-state index in [1.165, 1.54) is 0 Å². The molecule has 1 saturated carbocycles. The van der Waals surface area contributed by atoms with Gasteiger partial charge in [0.25, 0.3) is 0 Å². The molecule has 0 aromatic rings. The van der Waals surface area contributed by atoms with Gasteiger partial charge < -0.3 is 15.5 Å². The second kappa shape index (κ2) is 5.89. The number of hydrogen-bond acceptors (Lipinski definition) is 4. The van der Waals surface area contributed by atoms with E-state index in [0.717, 1.165) is 25.9 Å². The Hall–Kier alpha value is -0.460. The highest BCUT2D eigenvalue weighted by atomic mass is 35.5. The Morgan fingerprint density at radius 2 is 2.16 bits per heavy atom. The Labute approximate surface area is 123 Å². The van der Waals surface area contributed by atoms with Crippen molar-refractivity contribution in [3.05, 3.63) is 0 Å². The molecule has 5 nitrogen and oxygen atoms in total. The molecule has 2 heterocycles. The van der Waals surface area contributed by atoms with Crippen molar-refractivity contribution in [2.24, 2.45) is 17.6 Å². The second-order valence-corrected chi connectivity index (χ2v) is 6.49. The molecule has 0 aromatic heterocycles. The first-order valence-electron chi connectivity index (χ1n) is 6.54. The molecule has 0 aromatic carbocycles. The molecule has 3 rings (SSSR count). The minimum Gasteiger partial charge on any atom is -0.341 e. The van der Waals surface area contributed by atoms with Crippen LogP contribution in [0.15, 0.2) is 0 Å². The van der Waals surface area contributed by atoms with Crippen LogP contribution >= 0.6 is 24.2 Å².